The van der Waals surface area contributed by atoms with Gasteiger partial charge in [0.1, 0.15) is 10.8 Å². The number of nitrogens with zero attached hydrogens (tertiary/aromatic N) is 5. The number of hydrogen-bond donors (Lipinski definition) is 4. The summed E-state index contributed by atoms with van der Waals surface area (Å²) in [6, 6.07) is 12.7. The molecule has 3 heterocycles. The number of aromatic nitrogens is 4. The zero-order valence-electron chi connectivity index (χ0n) is 21.2. The Labute approximate surface area is 226 Å². The number of benzene rings is 2. The average molecular weight is 556 g/mol. The lowest BCUT2D eigenvalue weighted by Gasteiger charge is -2.33. The van der Waals surface area contributed by atoms with Gasteiger partial charge in [-0.3, -0.25) is 9.62 Å². The molecule has 13 heteroatoms. The average Bonchev–Trinajstić information content (AvgIpc) is 3.28. The number of fused-ring (bicyclic) bond motifs is 1. The zero-order chi connectivity index (χ0) is 26.7. The van der Waals surface area contributed by atoms with Crippen LogP contribution in [-0.4, -0.2) is 77.1 Å². The highest BCUT2D eigenvalue weighted by Crippen LogP contribution is 2.30. The first kappa shape index (κ1) is 26.2. The van der Waals surface area contributed by atoms with Gasteiger partial charge in [-0.05, 0) is 36.9 Å². The minimum Gasteiger partial charge on any atom is -0.341 e. The SMILES string of the molecule is CCN1CCN(Cc2nc3ccc(Nc4ncc(Cl)c(Nc5ccccc5NS(C)(=O)=O)n4)cc3[nH]2)CC1. The Bertz CT molecular complexity index is 1540. The number of halogens is 1. The summed E-state index contributed by atoms with van der Waals surface area (Å²) in [5.41, 5.74) is 3.49. The Kier molecular flexibility index (Phi) is 7.65. The molecule has 1 saturated heterocycles. The highest BCUT2D eigenvalue weighted by Gasteiger charge is 2.17. The molecule has 0 unspecified atom stereocenters. The quantitative estimate of drug-likeness (QED) is 0.242. The van der Waals surface area contributed by atoms with E-state index >= 15 is 0 Å². The summed E-state index contributed by atoms with van der Waals surface area (Å²) in [7, 11) is -3.46. The lowest BCUT2D eigenvalue weighted by molar-refractivity contribution is 0.130. The Morgan fingerprint density at radius 2 is 1.74 bits per heavy atom. The van der Waals surface area contributed by atoms with Gasteiger partial charge in [-0.2, -0.15) is 4.98 Å². The van der Waals surface area contributed by atoms with Crippen LogP contribution in [0.15, 0.2) is 48.7 Å². The summed E-state index contributed by atoms with van der Waals surface area (Å²) < 4.78 is 26.0. The minimum atomic E-state index is -3.46. The molecular formula is C25H30ClN9O2S. The zero-order valence-corrected chi connectivity index (χ0v) is 22.8. The molecule has 4 N–H and O–H groups in total. The maximum Gasteiger partial charge on any atom is 0.229 e. The van der Waals surface area contributed by atoms with E-state index in [1.165, 1.54) is 6.20 Å². The molecule has 0 aliphatic carbocycles. The van der Waals surface area contributed by atoms with E-state index in [2.05, 4.69) is 47.0 Å². The van der Waals surface area contributed by atoms with E-state index in [1.54, 1.807) is 24.3 Å². The van der Waals surface area contributed by atoms with E-state index in [9.17, 15) is 8.42 Å². The smallest absolute Gasteiger partial charge is 0.229 e. The molecule has 4 aromatic rings. The number of aromatic amines is 1. The van der Waals surface area contributed by atoms with E-state index in [0.29, 0.717) is 23.1 Å². The summed E-state index contributed by atoms with van der Waals surface area (Å²) >= 11 is 6.34. The standard InChI is InChI=1S/C25H30ClN9O2S/c1-3-34-10-12-35(13-11-34)16-23-29-20-9-8-17(14-22(20)30-23)28-25-27-15-18(26)24(32-25)31-19-6-4-5-7-21(19)33-38(2,36)37/h4-9,14-15,33H,3,10-13,16H2,1-2H3,(H,29,30)(H2,27,28,31,32). The first-order valence-corrected chi connectivity index (χ1v) is 14.6. The van der Waals surface area contributed by atoms with E-state index in [1.807, 2.05) is 18.2 Å². The van der Waals surface area contributed by atoms with Gasteiger partial charge >= 0.3 is 0 Å². The third-order valence-electron chi connectivity index (χ3n) is 6.29. The molecule has 0 spiro atoms. The summed E-state index contributed by atoms with van der Waals surface area (Å²) in [5.74, 6) is 1.61. The first-order valence-electron chi connectivity index (χ1n) is 12.3. The molecule has 2 aromatic carbocycles. The van der Waals surface area contributed by atoms with Crippen molar-refractivity contribution in [1.29, 1.82) is 0 Å². The van der Waals surface area contributed by atoms with Crippen molar-refractivity contribution in [2.24, 2.45) is 0 Å². The molecule has 0 amide bonds. The maximum atomic E-state index is 11.7. The topological polar surface area (TPSA) is 131 Å². The van der Waals surface area contributed by atoms with Crippen molar-refractivity contribution in [3.8, 4) is 0 Å². The van der Waals surface area contributed by atoms with Crippen molar-refractivity contribution in [3.63, 3.8) is 0 Å². The normalized spacial score (nSPS) is 15.0. The predicted molar refractivity (Wildman–Crippen MR) is 152 cm³/mol. The van der Waals surface area contributed by atoms with Gasteiger partial charge in [0.05, 0.1) is 41.4 Å². The van der Waals surface area contributed by atoms with Crippen molar-refractivity contribution < 1.29 is 8.42 Å². The summed E-state index contributed by atoms with van der Waals surface area (Å²) in [6.07, 6.45) is 2.58. The molecular weight excluding hydrogens is 526 g/mol. The molecule has 0 radical (unpaired) electrons. The van der Waals surface area contributed by atoms with Gasteiger partial charge in [-0.25, -0.2) is 18.4 Å². The molecule has 38 heavy (non-hydrogen) atoms. The number of piperazine rings is 1. The molecule has 5 rings (SSSR count). The molecule has 200 valence electrons. The van der Waals surface area contributed by atoms with Crippen LogP contribution in [0.25, 0.3) is 11.0 Å². The van der Waals surface area contributed by atoms with E-state index in [0.717, 1.165) is 68.1 Å². The summed E-state index contributed by atoms with van der Waals surface area (Å²) in [6.45, 7) is 8.33. The second-order valence-corrected chi connectivity index (χ2v) is 11.3. The monoisotopic (exact) mass is 555 g/mol. The van der Waals surface area contributed by atoms with E-state index in [4.69, 9.17) is 16.6 Å². The Hall–Kier alpha value is -3.45. The minimum absolute atomic E-state index is 0.290. The van der Waals surface area contributed by atoms with Crippen LogP contribution in [0.4, 0.5) is 28.8 Å². The van der Waals surface area contributed by atoms with Gasteiger partial charge in [0, 0.05) is 31.9 Å². The number of anilines is 5. The van der Waals surface area contributed by atoms with Gasteiger partial charge in [0.25, 0.3) is 0 Å². The summed E-state index contributed by atoms with van der Waals surface area (Å²) in [4.78, 5) is 21.9. The van der Waals surface area contributed by atoms with Crippen LogP contribution in [0, 0.1) is 0 Å². The number of para-hydroxylation sites is 2. The molecule has 0 saturated carbocycles. The van der Waals surface area contributed by atoms with Crippen molar-refractivity contribution in [2.45, 2.75) is 13.5 Å². The number of sulfonamides is 1. The largest absolute Gasteiger partial charge is 0.341 e. The van der Waals surface area contributed by atoms with Gasteiger partial charge < -0.3 is 20.5 Å². The van der Waals surface area contributed by atoms with Crippen LogP contribution >= 0.6 is 11.6 Å². The second kappa shape index (κ2) is 11.1. The molecule has 1 fully saturated rings. The molecule has 11 nitrogen and oxygen atoms in total. The second-order valence-electron chi connectivity index (χ2n) is 9.19. The van der Waals surface area contributed by atoms with E-state index in [-0.39, 0.29) is 5.02 Å². The van der Waals surface area contributed by atoms with Crippen molar-refractivity contribution in [1.82, 2.24) is 29.7 Å². The van der Waals surface area contributed by atoms with E-state index < -0.39 is 10.0 Å². The van der Waals surface area contributed by atoms with Gasteiger partial charge in [-0.1, -0.05) is 30.7 Å². The van der Waals surface area contributed by atoms with Crippen LogP contribution in [0.5, 0.6) is 0 Å². The molecule has 0 bridgehead atoms. The Balaban J connectivity index is 1.30. The van der Waals surface area contributed by atoms with Crippen LogP contribution in [0.2, 0.25) is 5.02 Å². The fourth-order valence-corrected chi connectivity index (χ4v) is 5.06. The van der Waals surface area contributed by atoms with Gasteiger partial charge in [-0.15, -0.1) is 0 Å². The first-order chi connectivity index (χ1) is 18.3. The number of likely N-dealkylation sites (N-methyl/N-ethyl adjacent to an activating group) is 1. The third-order valence-corrected chi connectivity index (χ3v) is 7.16. The number of rotatable bonds is 9. The number of nitrogens with one attached hydrogen (secondary N) is 4. The van der Waals surface area contributed by atoms with Crippen molar-refractivity contribution >= 4 is 61.5 Å². The number of imidazole rings is 1. The highest BCUT2D eigenvalue weighted by molar-refractivity contribution is 7.92. The highest BCUT2D eigenvalue weighted by atomic mass is 35.5. The fraction of sp³-hybridized carbons (Fsp3) is 0.320. The van der Waals surface area contributed by atoms with Gasteiger partial charge in [0.15, 0.2) is 5.82 Å². The molecule has 0 atom stereocenters. The van der Waals surface area contributed by atoms with Crippen LogP contribution in [0.1, 0.15) is 12.7 Å². The lowest BCUT2D eigenvalue weighted by Crippen LogP contribution is -2.45. The van der Waals surface area contributed by atoms with Crippen LogP contribution < -0.4 is 15.4 Å². The van der Waals surface area contributed by atoms with Crippen molar-refractivity contribution in [3.05, 3.63) is 59.5 Å². The maximum absolute atomic E-state index is 11.7. The Morgan fingerprint density at radius 1 is 1.00 bits per heavy atom. The summed E-state index contributed by atoms with van der Waals surface area (Å²) in [5, 5.41) is 6.59. The lowest BCUT2D eigenvalue weighted by atomic mass is 10.2. The predicted octanol–water partition coefficient (Wildman–Crippen LogP) is 4.00. The fourth-order valence-electron chi connectivity index (χ4n) is 4.34. The number of hydrogen-bond acceptors (Lipinski definition) is 9. The molecule has 1 aliphatic rings. The van der Waals surface area contributed by atoms with Crippen LogP contribution in [0.3, 0.4) is 0 Å². The third kappa shape index (κ3) is 6.51. The molecule has 2 aromatic heterocycles. The Morgan fingerprint density at radius 3 is 2.47 bits per heavy atom. The van der Waals surface area contributed by atoms with Gasteiger partial charge in [0.2, 0.25) is 16.0 Å². The van der Waals surface area contributed by atoms with Crippen LogP contribution in [-0.2, 0) is 16.6 Å². The molecule has 1 aliphatic heterocycles. The number of H-pyrrole nitrogens is 1. The van der Waals surface area contributed by atoms with Crippen molar-refractivity contribution in [2.75, 3.05) is 54.3 Å².